The maximum atomic E-state index is 12.7. The van der Waals surface area contributed by atoms with E-state index in [2.05, 4.69) is 4.72 Å². The van der Waals surface area contributed by atoms with Gasteiger partial charge in [0.05, 0.1) is 4.90 Å². The van der Waals surface area contributed by atoms with Crippen molar-refractivity contribution in [2.45, 2.75) is 24.8 Å². The third kappa shape index (κ3) is 6.16. The van der Waals surface area contributed by atoms with E-state index in [-0.39, 0.29) is 10.8 Å². The Kier molecular flexibility index (Phi) is 7.97. The smallest absolute Gasteiger partial charge is 0.254 e. The lowest BCUT2D eigenvalue weighted by atomic mass is 10.1. The molecule has 0 heterocycles. The molecule has 7 heteroatoms. The molecule has 27 heavy (non-hydrogen) atoms. The number of hydrogen-bond acceptors (Lipinski definition) is 4. The summed E-state index contributed by atoms with van der Waals surface area (Å²) in [7, 11) is -2.02. The molecule has 1 N–H and O–H groups in total. The van der Waals surface area contributed by atoms with Crippen LogP contribution in [0.5, 0.6) is 0 Å². The molecule has 0 aromatic heterocycles. The highest BCUT2D eigenvalue weighted by Gasteiger charge is 2.17. The SMILES string of the molecule is CCN(Cc1ccccc1)C(=O)c1ccc(S(=O)(=O)NCCCOC)cc1. The van der Waals surface area contributed by atoms with Gasteiger partial charge in [0.15, 0.2) is 0 Å². The average molecular weight is 391 g/mol. The summed E-state index contributed by atoms with van der Waals surface area (Å²) in [6, 6.07) is 15.8. The van der Waals surface area contributed by atoms with Crippen molar-refractivity contribution in [1.82, 2.24) is 9.62 Å². The third-order valence-electron chi connectivity index (χ3n) is 4.11. The van der Waals surface area contributed by atoms with Gasteiger partial charge >= 0.3 is 0 Å². The average Bonchev–Trinajstić information content (AvgIpc) is 2.70. The van der Waals surface area contributed by atoms with Crippen LogP contribution < -0.4 is 4.72 Å². The van der Waals surface area contributed by atoms with Gasteiger partial charge in [-0.05, 0) is 43.2 Å². The maximum Gasteiger partial charge on any atom is 0.254 e. The first kappa shape index (κ1) is 21.1. The van der Waals surface area contributed by atoms with Crippen LogP contribution in [-0.4, -0.2) is 46.0 Å². The van der Waals surface area contributed by atoms with Crippen molar-refractivity contribution in [3.63, 3.8) is 0 Å². The Bertz CT molecular complexity index is 821. The van der Waals surface area contributed by atoms with Crippen LogP contribution in [0.2, 0.25) is 0 Å². The molecule has 0 aliphatic carbocycles. The highest BCUT2D eigenvalue weighted by atomic mass is 32.2. The standard InChI is InChI=1S/C20H26N2O4S/c1-3-22(16-17-8-5-4-6-9-17)20(23)18-10-12-19(13-11-18)27(24,25)21-14-7-15-26-2/h4-6,8-13,21H,3,7,14-16H2,1-2H3. The van der Waals surface area contributed by atoms with Gasteiger partial charge in [-0.2, -0.15) is 0 Å². The number of rotatable bonds is 10. The Labute approximate surface area is 161 Å². The Morgan fingerprint density at radius 3 is 2.33 bits per heavy atom. The number of nitrogens with zero attached hydrogens (tertiary/aromatic N) is 1. The number of carbonyl (C=O) groups is 1. The van der Waals surface area contributed by atoms with Gasteiger partial charge in [-0.3, -0.25) is 4.79 Å². The quantitative estimate of drug-likeness (QED) is 0.633. The molecule has 1 amide bonds. The normalized spacial score (nSPS) is 11.3. The van der Waals surface area contributed by atoms with Crippen molar-refractivity contribution in [3.05, 3.63) is 65.7 Å². The van der Waals surface area contributed by atoms with E-state index in [0.29, 0.717) is 38.2 Å². The van der Waals surface area contributed by atoms with Gasteiger partial charge in [-0.15, -0.1) is 0 Å². The molecule has 6 nitrogen and oxygen atoms in total. The summed E-state index contributed by atoms with van der Waals surface area (Å²) in [5, 5.41) is 0. The number of ether oxygens (including phenoxy) is 1. The molecule has 0 atom stereocenters. The fraction of sp³-hybridized carbons (Fsp3) is 0.350. The van der Waals surface area contributed by atoms with Gasteiger partial charge in [-0.25, -0.2) is 13.1 Å². The predicted molar refractivity (Wildman–Crippen MR) is 105 cm³/mol. The van der Waals surface area contributed by atoms with Gasteiger partial charge in [0.1, 0.15) is 0 Å². The first-order valence-corrected chi connectivity index (χ1v) is 10.4. The molecule has 0 saturated heterocycles. The van der Waals surface area contributed by atoms with Gasteiger partial charge in [0.2, 0.25) is 10.0 Å². The fourth-order valence-corrected chi connectivity index (χ4v) is 3.67. The molecule has 0 spiro atoms. The van der Waals surface area contributed by atoms with Crippen LogP contribution in [0, 0.1) is 0 Å². The Morgan fingerprint density at radius 2 is 1.74 bits per heavy atom. The van der Waals surface area contributed by atoms with E-state index < -0.39 is 10.0 Å². The van der Waals surface area contributed by atoms with Crippen LogP contribution in [0.25, 0.3) is 0 Å². The minimum Gasteiger partial charge on any atom is -0.385 e. The van der Waals surface area contributed by atoms with Crippen molar-refractivity contribution in [3.8, 4) is 0 Å². The molecule has 0 fully saturated rings. The Balaban J connectivity index is 2.05. The number of amides is 1. The van der Waals surface area contributed by atoms with E-state index in [9.17, 15) is 13.2 Å². The van der Waals surface area contributed by atoms with Crippen molar-refractivity contribution in [1.29, 1.82) is 0 Å². The van der Waals surface area contributed by atoms with Crippen LogP contribution >= 0.6 is 0 Å². The number of carbonyl (C=O) groups excluding carboxylic acids is 1. The van der Waals surface area contributed by atoms with Crippen LogP contribution in [0.4, 0.5) is 0 Å². The summed E-state index contributed by atoms with van der Waals surface area (Å²) in [5.74, 6) is -0.127. The van der Waals surface area contributed by atoms with Gasteiger partial charge in [0.25, 0.3) is 5.91 Å². The Hall–Kier alpha value is -2.22. The van der Waals surface area contributed by atoms with Crippen LogP contribution in [0.3, 0.4) is 0 Å². The predicted octanol–water partition coefficient (Wildman–Crippen LogP) is 2.66. The van der Waals surface area contributed by atoms with Crippen molar-refractivity contribution in [2.75, 3.05) is 26.8 Å². The van der Waals surface area contributed by atoms with E-state index in [4.69, 9.17) is 4.74 Å². The third-order valence-corrected chi connectivity index (χ3v) is 5.59. The number of nitrogens with one attached hydrogen (secondary N) is 1. The van der Waals surface area contributed by atoms with Crippen molar-refractivity contribution < 1.29 is 17.9 Å². The number of hydrogen-bond donors (Lipinski definition) is 1. The molecule has 146 valence electrons. The summed E-state index contributed by atoms with van der Waals surface area (Å²) in [6.45, 7) is 3.79. The van der Waals surface area contributed by atoms with E-state index >= 15 is 0 Å². The van der Waals surface area contributed by atoms with E-state index in [1.54, 1.807) is 24.1 Å². The molecule has 2 aromatic carbocycles. The molecule has 0 bridgehead atoms. The molecule has 0 unspecified atom stereocenters. The number of sulfonamides is 1. The zero-order chi connectivity index (χ0) is 19.7. The molecular formula is C20H26N2O4S. The molecule has 2 aromatic rings. The molecule has 0 aliphatic heterocycles. The lowest BCUT2D eigenvalue weighted by molar-refractivity contribution is 0.0752. The van der Waals surface area contributed by atoms with Gasteiger partial charge in [-0.1, -0.05) is 30.3 Å². The van der Waals surface area contributed by atoms with Crippen LogP contribution in [0.15, 0.2) is 59.5 Å². The van der Waals surface area contributed by atoms with Crippen molar-refractivity contribution in [2.24, 2.45) is 0 Å². The molecule has 0 radical (unpaired) electrons. The monoisotopic (exact) mass is 390 g/mol. The number of benzene rings is 2. The van der Waals surface area contributed by atoms with Crippen LogP contribution in [0.1, 0.15) is 29.3 Å². The highest BCUT2D eigenvalue weighted by molar-refractivity contribution is 7.89. The van der Waals surface area contributed by atoms with E-state index in [1.807, 2.05) is 37.3 Å². The maximum absolute atomic E-state index is 12.7. The summed E-state index contributed by atoms with van der Waals surface area (Å²) in [5.41, 5.74) is 1.51. The summed E-state index contributed by atoms with van der Waals surface area (Å²) in [6.07, 6.45) is 0.594. The zero-order valence-corrected chi connectivity index (χ0v) is 16.5. The van der Waals surface area contributed by atoms with Crippen LogP contribution in [-0.2, 0) is 21.3 Å². The van der Waals surface area contributed by atoms with E-state index in [0.717, 1.165) is 5.56 Å². The topological polar surface area (TPSA) is 75.7 Å². The first-order chi connectivity index (χ1) is 13.0. The second kappa shape index (κ2) is 10.2. The molecule has 0 saturated carbocycles. The van der Waals surface area contributed by atoms with Gasteiger partial charge < -0.3 is 9.64 Å². The zero-order valence-electron chi connectivity index (χ0n) is 15.7. The lowest BCUT2D eigenvalue weighted by Gasteiger charge is -2.21. The summed E-state index contributed by atoms with van der Waals surface area (Å²) in [4.78, 5) is 14.6. The highest BCUT2D eigenvalue weighted by Crippen LogP contribution is 2.14. The minimum atomic E-state index is -3.59. The largest absolute Gasteiger partial charge is 0.385 e. The lowest BCUT2D eigenvalue weighted by Crippen LogP contribution is -2.30. The summed E-state index contributed by atoms with van der Waals surface area (Å²) >= 11 is 0. The molecular weight excluding hydrogens is 364 g/mol. The Morgan fingerprint density at radius 1 is 1.07 bits per heavy atom. The van der Waals surface area contributed by atoms with Crippen molar-refractivity contribution >= 4 is 15.9 Å². The summed E-state index contributed by atoms with van der Waals surface area (Å²) < 4.78 is 31.9. The second-order valence-electron chi connectivity index (χ2n) is 6.07. The second-order valence-corrected chi connectivity index (χ2v) is 7.84. The molecule has 2 rings (SSSR count). The number of methoxy groups -OCH3 is 1. The van der Waals surface area contributed by atoms with E-state index in [1.165, 1.54) is 12.1 Å². The minimum absolute atomic E-state index is 0.127. The molecule has 0 aliphatic rings. The first-order valence-electron chi connectivity index (χ1n) is 8.89. The van der Waals surface area contributed by atoms with Gasteiger partial charge in [0, 0.05) is 38.9 Å². The fourth-order valence-electron chi connectivity index (χ4n) is 2.60.